The smallest absolute Gasteiger partial charge is 0.344 e. The molecule has 0 aromatic rings. The van der Waals surface area contributed by atoms with Crippen LogP contribution in [0.3, 0.4) is 0 Å². The number of hydrogen-bond acceptors (Lipinski definition) is 3. The van der Waals surface area contributed by atoms with E-state index >= 15 is 0 Å². The van der Waals surface area contributed by atoms with E-state index in [0.717, 1.165) is 0 Å². The summed E-state index contributed by atoms with van der Waals surface area (Å²) >= 11 is -0.145. The van der Waals surface area contributed by atoms with Gasteiger partial charge < -0.3 is 10.2 Å². The number of rotatable bonds is 5. The first-order valence-corrected chi connectivity index (χ1v) is 7.94. The molecule has 0 aromatic heterocycles. The van der Waals surface area contributed by atoms with Crippen LogP contribution in [0, 0.1) is 5.92 Å². The van der Waals surface area contributed by atoms with Gasteiger partial charge in [0.1, 0.15) is 6.04 Å². The quantitative estimate of drug-likeness (QED) is 0.844. The van der Waals surface area contributed by atoms with E-state index in [1.165, 1.54) is 4.90 Å². The molecule has 0 spiro atoms. The van der Waals surface area contributed by atoms with Crippen molar-refractivity contribution in [2.75, 3.05) is 12.3 Å². The lowest BCUT2D eigenvalue weighted by molar-refractivity contribution is -0.136. The summed E-state index contributed by atoms with van der Waals surface area (Å²) in [4.78, 5) is 25.6. The highest BCUT2D eigenvalue weighted by Gasteiger charge is 2.37. The van der Waals surface area contributed by atoms with E-state index in [4.69, 9.17) is 0 Å². The number of amides is 2. The summed E-state index contributed by atoms with van der Waals surface area (Å²) in [6.45, 7) is 5.44. The van der Waals surface area contributed by atoms with Crippen molar-refractivity contribution in [2.24, 2.45) is 5.92 Å². The Morgan fingerprint density at radius 3 is 2.57 bits per heavy atom. The molecule has 1 aliphatic rings. The molecule has 1 saturated heterocycles. The molecule has 1 heterocycles. The van der Waals surface area contributed by atoms with E-state index < -0.39 is 11.6 Å². The van der Waals surface area contributed by atoms with Crippen LogP contribution in [0.2, 0.25) is 0 Å². The molecule has 122 valence electrons. The highest BCUT2D eigenvalue weighted by Crippen LogP contribution is 2.30. The van der Waals surface area contributed by atoms with Gasteiger partial charge in [-0.15, -0.1) is 0 Å². The second-order valence-electron chi connectivity index (χ2n) is 5.31. The average molecular weight is 326 g/mol. The largest absolute Gasteiger partial charge is 0.441 e. The number of nitrogens with zero attached hydrogens (tertiary/aromatic N) is 1. The maximum absolute atomic E-state index is 12.5. The molecular weight excluding hydrogens is 305 g/mol. The zero-order chi connectivity index (χ0) is 16.2. The van der Waals surface area contributed by atoms with E-state index in [1.807, 2.05) is 13.8 Å². The van der Waals surface area contributed by atoms with Crippen LogP contribution in [-0.2, 0) is 9.59 Å². The summed E-state index contributed by atoms with van der Waals surface area (Å²) in [6, 6.07) is -1.04. The normalized spacial score (nSPS) is 25.5. The van der Waals surface area contributed by atoms with Crippen LogP contribution in [0.25, 0.3) is 0 Å². The monoisotopic (exact) mass is 326 g/mol. The van der Waals surface area contributed by atoms with Gasteiger partial charge in [-0.05, 0) is 24.6 Å². The van der Waals surface area contributed by atoms with Gasteiger partial charge in [0.05, 0.1) is 0 Å². The summed E-state index contributed by atoms with van der Waals surface area (Å²) in [7, 11) is 0. The first-order valence-electron chi connectivity index (χ1n) is 6.96. The van der Waals surface area contributed by atoms with Crippen molar-refractivity contribution < 1.29 is 22.8 Å². The fourth-order valence-electron chi connectivity index (χ4n) is 2.28. The standard InChI is InChI=1S/C13H21F3N2O2S/c1-4-8(2)11-12(20)18(5-6-21-13(14,15)16)9(3)7-10(19)17-11/h8-9,11H,4-7H2,1-3H3,(H,17,19). The Balaban J connectivity index is 2.78. The molecular formula is C13H21F3N2O2S. The molecule has 8 heteroatoms. The Morgan fingerprint density at radius 2 is 2.05 bits per heavy atom. The molecule has 3 atom stereocenters. The van der Waals surface area contributed by atoms with Crippen LogP contribution >= 0.6 is 11.8 Å². The molecule has 1 N–H and O–H groups in total. The van der Waals surface area contributed by atoms with Gasteiger partial charge in [0.15, 0.2) is 0 Å². The van der Waals surface area contributed by atoms with E-state index in [-0.39, 0.29) is 54.3 Å². The number of carbonyl (C=O) groups excluding carboxylic acids is 2. The van der Waals surface area contributed by atoms with Gasteiger partial charge in [-0.1, -0.05) is 20.3 Å². The molecule has 0 bridgehead atoms. The fraction of sp³-hybridized carbons (Fsp3) is 0.846. The van der Waals surface area contributed by atoms with Crippen LogP contribution in [0.15, 0.2) is 0 Å². The molecule has 0 aliphatic carbocycles. The molecule has 1 fully saturated rings. The molecule has 4 nitrogen and oxygen atoms in total. The van der Waals surface area contributed by atoms with E-state index in [1.54, 1.807) is 6.92 Å². The zero-order valence-corrected chi connectivity index (χ0v) is 13.2. The Hall–Kier alpha value is -0.920. The summed E-state index contributed by atoms with van der Waals surface area (Å²) in [5.74, 6) is -0.789. The van der Waals surface area contributed by atoms with Crippen molar-refractivity contribution in [1.29, 1.82) is 0 Å². The third-order valence-electron chi connectivity index (χ3n) is 3.69. The lowest BCUT2D eigenvalue weighted by Crippen LogP contribution is -2.50. The average Bonchev–Trinajstić information content (AvgIpc) is 2.47. The van der Waals surface area contributed by atoms with Crippen molar-refractivity contribution in [3.63, 3.8) is 0 Å². The van der Waals surface area contributed by atoms with E-state index in [9.17, 15) is 22.8 Å². The van der Waals surface area contributed by atoms with Crippen molar-refractivity contribution in [3.05, 3.63) is 0 Å². The number of halogens is 3. The van der Waals surface area contributed by atoms with Crippen LogP contribution < -0.4 is 5.32 Å². The van der Waals surface area contributed by atoms with Gasteiger partial charge in [-0.25, -0.2) is 0 Å². The van der Waals surface area contributed by atoms with Gasteiger partial charge in [0.25, 0.3) is 0 Å². The van der Waals surface area contributed by atoms with E-state index in [0.29, 0.717) is 6.42 Å². The van der Waals surface area contributed by atoms with Crippen LogP contribution in [-0.4, -0.2) is 46.6 Å². The molecule has 1 aliphatic heterocycles. The van der Waals surface area contributed by atoms with E-state index in [2.05, 4.69) is 5.32 Å². The zero-order valence-electron chi connectivity index (χ0n) is 12.4. The number of hydrogen-bond donors (Lipinski definition) is 1. The number of nitrogens with one attached hydrogen (secondary N) is 1. The molecule has 1 rings (SSSR count). The Kier molecular flexibility index (Phi) is 6.37. The predicted molar refractivity (Wildman–Crippen MR) is 75.7 cm³/mol. The Labute approximate surface area is 126 Å². The van der Waals surface area contributed by atoms with Crippen molar-refractivity contribution >= 4 is 23.6 Å². The maximum atomic E-state index is 12.5. The van der Waals surface area contributed by atoms with Gasteiger partial charge >= 0.3 is 5.51 Å². The van der Waals surface area contributed by atoms with Gasteiger partial charge in [0.2, 0.25) is 11.8 Å². The first-order chi connectivity index (χ1) is 9.65. The SMILES string of the molecule is CCC(C)C1NC(=O)CC(C)N(CCSC(F)(F)F)C1=O. The first kappa shape index (κ1) is 18.1. The van der Waals surface area contributed by atoms with Gasteiger partial charge in [-0.2, -0.15) is 13.2 Å². The molecule has 21 heavy (non-hydrogen) atoms. The number of carbonyl (C=O) groups is 2. The van der Waals surface area contributed by atoms with Crippen LogP contribution in [0.1, 0.15) is 33.6 Å². The lowest BCUT2D eigenvalue weighted by atomic mass is 9.98. The summed E-state index contributed by atoms with van der Waals surface area (Å²) in [5.41, 5.74) is -4.30. The summed E-state index contributed by atoms with van der Waals surface area (Å²) in [6.07, 6.45) is 0.825. The predicted octanol–water partition coefficient (Wildman–Crippen LogP) is 2.39. The third-order valence-corrected chi connectivity index (χ3v) is 4.40. The molecule has 0 radical (unpaired) electrons. The van der Waals surface area contributed by atoms with Crippen molar-refractivity contribution in [3.8, 4) is 0 Å². The summed E-state index contributed by atoms with van der Waals surface area (Å²) < 4.78 is 36.6. The summed E-state index contributed by atoms with van der Waals surface area (Å²) in [5, 5.41) is 2.69. The second kappa shape index (κ2) is 7.38. The van der Waals surface area contributed by atoms with Crippen LogP contribution in [0.4, 0.5) is 13.2 Å². The fourth-order valence-corrected chi connectivity index (χ4v) is 2.80. The third kappa shape index (κ3) is 5.41. The van der Waals surface area contributed by atoms with Gasteiger partial charge in [-0.3, -0.25) is 9.59 Å². The Morgan fingerprint density at radius 1 is 1.43 bits per heavy atom. The minimum absolute atomic E-state index is 0.00787. The Bertz CT molecular complexity index is 390. The highest BCUT2D eigenvalue weighted by molar-refractivity contribution is 8.00. The minimum atomic E-state index is -4.30. The molecule has 0 aromatic carbocycles. The number of thioether (sulfide) groups is 1. The highest BCUT2D eigenvalue weighted by atomic mass is 32.2. The van der Waals surface area contributed by atoms with Gasteiger partial charge in [0, 0.05) is 24.8 Å². The molecule has 2 amide bonds. The lowest BCUT2D eigenvalue weighted by Gasteiger charge is -2.30. The van der Waals surface area contributed by atoms with Crippen LogP contribution in [0.5, 0.6) is 0 Å². The second-order valence-corrected chi connectivity index (χ2v) is 6.47. The topological polar surface area (TPSA) is 49.4 Å². The molecule has 0 saturated carbocycles. The maximum Gasteiger partial charge on any atom is 0.441 e. The number of alkyl halides is 3. The minimum Gasteiger partial charge on any atom is -0.344 e. The van der Waals surface area contributed by atoms with Crippen molar-refractivity contribution in [1.82, 2.24) is 10.2 Å². The van der Waals surface area contributed by atoms with Crippen molar-refractivity contribution in [2.45, 2.75) is 51.2 Å². The molecule has 3 unspecified atom stereocenters.